The summed E-state index contributed by atoms with van der Waals surface area (Å²) in [4.78, 5) is 25.2. The first-order chi connectivity index (χ1) is 25.3. The quantitative estimate of drug-likeness (QED) is 0.0289. The zero-order valence-corrected chi connectivity index (χ0v) is 32.8. The molecule has 1 aliphatic rings. The van der Waals surface area contributed by atoms with Gasteiger partial charge in [0.15, 0.2) is 12.4 Å². The van der Waals surface area contributed by atoms with Gasteiger partial charge in [-0.25, -0.2) is 0 Å². The molecule has 1 rings (SSSR count). The summed E-state index contributed by atoms with van der Waals surface area (Å²) in [6, 6.07) is 0. The third kappa shape index (κ3) is 25.2. The van der Waals surface area contributed by atoms with E-state index in [-0.39, 0.29) is 26.1 Å². The van der Waals surface area contributed by atoms with E-state index in [0.717, 1.165) is 44.9 Å². The summed E-state index contributed by atoms with van der Waals surface area (Å²) in [5.74, 6) is -0.842. The largest absolute Gasteiger partial charge is 0.462 e. The van der Waals surface area contributed by atoms with Crippen LogP contribution in [0.15, 0.2) is 24.3 Å². The van der Waals surface area contributed by atoms with Gasteiger partial charge >= 0.3 is 11.9 Å². The molecule has 10 heteroatoms. The Morgan fingerprint density at radius 3 is 1.63 bits per heavy atom. The summed E-state index contributed by atoms with van der Waals surface area (Å²) in [7, 11) is 0. The van der Waals surface area contributed by atoms with E-state index in [9.17, 15) is 30.0 Å². The number of rotatable bonds is 34. The molecule has 0 amide bonds. The molecule has 0 aromatic heterocycles. The van der Waals surface area contributed by atoms with Crippen molar-refractivity contribution in [1.82, 2.24) is 0 Å². The van der Waals surface area contributed by atoms with Gasteiger partial charge in [0, 0.05) is 12.8 Å². The zero-order valence-electron chi connectivity index (χ0n) is 32.8. The van der Waals surface area contributed by atoms with Crippen LogP contribution in [0.2, 0.25) is 0 Å². The summed E-state index contributed by atoms with van der Waals surface area (Å²) < 4.78 is 22.1. The Morgan fingerprint density at radius 1 is 0.596 bits per heavy atom. The van der Waals surface area contributed by atoms with Gasteiger partial charge in [0.05, 0.1) is 13.2 Å². The van der Waals surface area contributed by atoms with Gasteiger partial charge in [0.2, 0.25) is 0 Å². The van der Waals surface area contributed by atoms with Crippen LogP contribution in [-0.4, -0.2) is 89.0 Å². The summed E-state index contributed by atoms with van der Waals surface area (Å²) in [6.07, 6.45) is 27.6. The summed E-state index contributed by atoms with van der Waals surface area (Å²) in [5.41, 5.74) is 0. The molecule has 10 nitrogen and oxygen atoms in total. The molecule has 52 heavy (non-hydrogen) atoms. The predicted molar refractivity (Wildman–Crippen MR) is 206 cm³/mol. The van der Waals surface area contributed by atoms with Crippen molar-refractivity contribution in [2.24, 2.45) is 0 Å². The number of allylic oxidation sites excluding steroid dienone is 4. The van der Waals surface area contributed by atoms with Gasteiger partial charge in [0.1, 0.15) is 31.0 Å². The normalized spacial score (nSPS) is 21.2. The molecule has 1 saturated heterocycles. The lowest BCUT2D eigenvalue weighted by Gasteiger charge is -2.39. The maximum atomic E-state index is 12.7. The standard InChI is InChI=1S/C42H76O10/c1-3-5-7-9-11-13-15-17-18-19-21-22-24-26-28-30-37(44)49-33-35(34-50-42-41(48)40(47)39(46)36(32-43)52-42)51-38(45)31-29-27-25-23-20-16-14-12-10-8-6-4-2/h17-18,21-22,35-36,39-43,46-48H,3-16,19-20,23-34H2,1-2H3/b18-17+,22-21+/t35-,36-,39+,40?,41?,42-/m0/s1. The van der Waals surface area contributed by atoms with Crippen molar-refractivity contribution in [3.05, 3.63) is 24.3 Å². The van der Waals surface area contributed by atoms with Crippen LogP contribution in [0, 0.1) is 0 Å². The van der Waals surface area contributed by atoms with Crippen molar-refractivity contribution in [2.75, 3.05) is 19.8 Å². The number of aliphatic hydroxyl groups excluding tert-OH is 4. The zero-order chi connectivity index (χ0) is 38.1. The van der Waals surface area contributed by atoms with Crippen LogP contribution in [0.4, 0.5) is 0 Å². The van der Waals surface area contributed by atoms with Gasteiger partial charge in [0.25, 0.3) is 0 Å². The Morgan fingerprint density at radius 2 is 1.08 bits per heavy atom. The Kier molecular flexibility index (Phi) is 31.3. The lowest BCUT2D eigenvalue weighted by molar-refractivity contribution is -0.305. The van der Waals surface area contributed by atoms with Crippen LogP contribution in [0.3, 0.4) is 0 Å². The number of aliphatic hydroxyl groups is 4. The third-order valence-electron chi connectivity index (χ3n) is 9.59. The maximum absolute atomic E-state index is 12.7. The molecule has 0 saturated carbocycles. The number of esters is 2. The smallest absolute Gasteiger partial charge is 0.306 e. The average molecular weight is 741 g/mol. The Bertz CT molecular complexity index is 907. The van der Waals surface area contributed by atoms with Crippen LogP contribution < -0.4 is 0 Å². The second-order valence-corrected chi connectivity index (χ2v) is 14.4. The van der Waals surface area contributed by atoms with Crippen molar-refractivity contribution in [3.8, 4) is 0 Å². The molecule has 1 aliphatic heterocycles. The van der Waals surface area contributed by atoms with Crippen molar-refractivity contribution >= 4 is 11.9 Å². The molecule has 0 aliphatic carbocycles. The van der Waals surface area contributed by atoms with Gasteiger partial charge in [-0.05, 0) is 44.9 Å². The van der Waals surface area contributed by atoms with Crippen molar-refractivity contribution in [3.63, 3.8) is 0 Å². The fraction of sp³-hybridized carbons (Fsp3) is 0.857. The minimum atomic E-state index is -1.60. The average Bonchev–Trinajstić information content (AvgIpc) is 3.14. The topological polar surface area (TPSA) is 152 Å². The number of unbranched alkanes of at least 4 members (excludes halogenated alkanes) is 19. The second-order valence-electron chi connectivity index (χ2n) is 14.4. The number of hydrogen-bond donors (Lipinski definition) is 4. The lowest BCUT2D eigenvalue weighted by Crippen LogP contribution is -2.59. The Labute approximate surface area is 315 Å². The van der Waals surface area contributed by atoms with E-state index in [4.69, 9.17) is 18.9 Å². The molecule has 1 heterocycles. The molecule has 304 valence electrons. The molecule has 0 aromatic carbocycles. The summed E-state index contributed by atoms with van der Waals surface area (Å²) in [5, 5.41) is 39.9. The van der Waals surface area contributed by atoms with Gasteiger partial charge in [-0.15, -0.1) is 0 Å². The van der Waals surface area contributed by atoms with Gasteiger partial charge in [-0.1, -0.05) is 141 Å². The van der Waals surface area contributed by atoms with Crippen LogP contribution >= 0.6 is 0 Å². The van der Waals surface area contributed by atoms with Crippen molar-refractivity contribution in [1.29, 1.82) is 0 Å². The Balaban J connectivity index is 2.39. The summed E-state index contributed by atoms with van der Waals surface area (Å²) in [6.45, 7) is 3.37. The van der Waals surface area contributed by atoms with Gasteiger partial charge in [-0.2, -0.15) is 0 Å². The van der Waals surface area contributed by atoms with E-state index in [1.807, 2.05) is 0 Å². The first-order valence-electron chi connectivity index (χ1n) is 20.9. The molecule has 0 bridgehead atoms. The number of carbonyl (C=O) groups excluding carboxylic acids is 2. The van der Waals surface area contributed by atoms with Gasteiger partial charge in [-0.3, -0.25) is 9.59 Å². The molecule has 6 atom stereocenters. The summed E-state index contributed by atoms with van der Waals surface area (Å²) >= 11 is 0. The van der Waals surface area contributed by atoms with Crippen molar-refractivity contribution < 1.29 is 49.0 Å². The molecule has 0 radical (unpaired) electrons. The SMILES string of the molecule is CCCCCCCC/C=C/C/C=C/CCCCC(=O)OC[C@@H](CO[C@H]1O[C@@H](CO)[C@@H](O)C(O)C1O)OC(=O)CCCCCCCCCCCCCC. The van der Waals surface area contributed by atoms with Crippen LogP contribution in [0.1, 0.15) is 174 Å². The van der Waals surface area contributed by atoms with Crippen molar-refractivity contribution in [2.45, 2.75) is 211 Å². The molecule has 2 unspecified atom stereocenters. The highest BCUT2D eigenvalue weighted by molar-refractivity contribution is 5.70. The molecule has 0 aromatic rings. The number of ether oxygens (including phenoxy) is 4. The number of carbonyl (C=O) groups is 2. The first-order valence-corrected chi connectivity index (χ1v) is 20.9. The van der Waals surface area contributed by atoms with E-state index in [2.05, 4.69) is 38.2 Å². The number of hydrogen-bond acceptors (Lipinski definition) is 10. The maximum Gasteiger partial charge on any atom is 0.306 e. The minimum Gasteiger partial charge on any atom is -0.462 e. The highest BCUT2D eigenvalue weighted by Gasteiger charge is 2.44. The molecule has 4 N–H and O–H groups in total. The minimum absolute atomic E-state index is 0.227. The van der Waals surface area contributed by atoms with E-state index >= 15 is 0 Å². The lowest BCUT2D eigenvalue weighted by atomic mass is 9.99. The third-order valence-corrected chi connectivity index (χ3v) is 9.59. The first kappa shape index (κ1) is 48.2. The fourth-order valence-electron chi connectivity index (χ4n) is 6.22. The van der Waals surface area contributed by atoms with Crippen LogP contribution in [0.5, 0.6) is 0 Å². The predicted octanol–water partition coefficient (Wildman–Crippen LogP) is 8.16. The van der Waals surface area contributed by atoms with Gasteiger partial charge < -0.3 is 39.4 Å². The highest BCUT2D eigenvalue weighted by atomic mass is 16.7. The second kappa shape index (κ2) is 33.7. The van der Waals surface area contributed by atoms with E-state index in [1.54, 1.807) is 0 Å². The molecule has 0 spiro atoms. The highest BCUT2D eigenvalue weighted by Crippen LogP contribution is 2.22. The fourth-order valence-corrected chi connectivity index (χ4v) is 6.22. The molecule has 1 fully saturated rings. The van der Waals surface area contributed by atoms with Crippen LogP contribution in [-0.2, 0) is 28.5 Å². The molecular formula is C42H76O10. The van der Waals surface area contributed by atoms with E-state index in [1.165, 1.54) is 89.9 Å². The van der Waals surface area contributed by atoms with Crippen LogP contribution in [0.25, 0.3) is 0 Å². The Hall–Kier alpha value is -1.82. The van der Waals surface area contributed by atoms with E-state index < -0.39 is 55.4 Å². The monoisotopic (exact) mass is 741 g/mol. The van der Waals surface area contributed by atoms with E-state index in [0.29, 0.717) is 12.8 Å². The molecular weight excluding hydrogens is 664 g/mol.